The van der Waals surface area contributed by atoms with Gasteiger partial charge >= 0.3 is 6.03 Å². The van der Waals surface area contributed by atoms with E-state index < -0.39 is 26.1 Å². The second-order valence-corrected chi connectivity index (χ2v) is 11.1. The summed E-state index contributed by atoms with van der Waals surface area (Å²) in [5.74, 6) is -0.188. The second-order valence-electron chi connectivity index (χ2n) is 7.11. The minimum Gasteiger partial charge on any atom is -0.379 e. The molecule has 1 aliphatic heterocycles. The van der Waals surface area contributed by atoms with Crippen LogP contribution in [0.4, 0.5) is 4.79 Å². The van der Waals surface area contributed by atoms with Crippen LogP contribution in [0.5, 0.6) is 0 Å². The zero-order valence-electron chi connectivity index (χ0n) is 18.2. The van der Waals surface area contributed by atoms with Gasteiger partial charge in [-0.3, -0.25) is 0 Å². The summed E-state index contributed by atoms with van der Waals surface area (Å²) in [6.45, 7) is 7.49. The SMILES string of the molecule is CCN(CC)S(=O)(=O)c1ccc(C(C)NC(=O)NCCS(=O)(=O)N2CCOCC2)cc1. The Morgan fingerprint density at radius 1 is 1.10 bits per heavy atom. The normalized spacial score (nSPS) is 16.8. The summed E-state index contributed by atoms with van der Waals surface area (Å²) in [5.41, 5.74) is 0.731. The molecule has 1 aromatic carbocycles. The van der Waals surface area contributed by atoms with Crippen LogP contribution < -0.4 is 10.6 Å². The molecule has 0 spiro atoms. The van der Waals surface area contributed by atoms with Gasteiger partial charge in [0.15, 0.2) is 0 Å². The third-order valence-corrected chi connectivity index (χ3v) is 9.02. The molecule has 1 aromatic rings. The van der Waals surface area contributed by atoms with Gasteiger partial charge in [-0.05, 0) is 24.6 Å². The molecule has 2 amide bonds. The minimum absolute atomic E-state index is 0.0146. The van der Waals surface area contributed by atoms with Gasteiger partial charge in [0.05, 0.1) is 29.9 Å². The fraction of sp³-hybridized carbons (Fsp3) is 0.632. The van der Waals surface area contributed by atoms with Crippen molar-refractivity contribution in [3.8, 4) is 0 Å². The maximum atomic E-state index is 12.6. The van der Waals surface area contributed by atoms with E-state index in [2.05, 4.69) is 10.6 Å². The van der Waals surface area contributed by atoms with Crippen molar-refractivity contribution in [3.63, 3.8) is 0 Å². The average molecular weight is 477 g/mol. The number of sulfonamides is 2. The van der Waals surface area contributed by atoms with Crippen LogP contribution in [0.3, 0.4) is 0 Å². The molecule has 1 atom stereocenters. The Morgan fingerprint density at radius 2 is 1.68 bits per heavy atom. The first kappa shape index (κ1) is 25.5. The maximum absolute atomic E-state index is 12.6. The molecule has 1 fully saturated rings. The van der Waals surface area contributed by atoms with E-state index in [0.717, 1.165) is 5.56 Å². The van der Waals surface area contributed by atoms with Gasteiger partial charge in [-0.2, -0.15) is 8.61 Å². The number of amides is 2. The topological polar surface area (TPSA) is 125 Å². The largest absolute Gasteiger partial charge is 0.379 e. The molecule has 31 heavy (non-hydrogen) atoms. The highest BCUT2D eigenvalue weighted by atomic mass is 32.2. The zero-order chi connectivity index (χ0) is 23.1. The third-order valence-electron chi connectivity index (χ3n) is 5.08. The highest BCUT2D eigenvalue weighted by Gasteiger charge is 2.24. The molecule has 0 aliphatic carbocycles. The molecule has 2 rings (SSSR count). The lowest BCUT2D eigenvalue weighted by Crippen LogP contribution is -2.45. The molecular formula is C19H32N4O6S2. The lowest BCUT2D eigenvalue weighted by Gasteiger charge is -2.26. The van der Waals surface area contributed by atoms with Crippen LogP contribution in [0.25, 0.3) is 0 Å². The fourth-order valence-corrected chi connectivity index (χ4v) is 6.00. The minimum atomic E-state index is -3.54. The van der Waals surface area contributed by atoms with Gasteiger partial charge < -0.3 is 15.4 Å². The molecule has 1 unspecified atom stereocenters. The lowest BCUT2D eigenvalue weighted by molar-refractivity contribution is 0.0730. The van der Waals surface area contributed by atoms with Crippen molar-refractivity contribution in [2.24, 2.45) is 0 Å². The number of nitrogens with one attached hydrogen (secondary N) is 2. The quantitative estimate of drug-likeness (QED) is 0.513. The Hall–Kier alpha value is -1.73. The Labute approximate surface area is 185 Å². The Kier molecular flexibility index (Phi) is 9.25. The van der Waals surface area contributed by atoms with Crippen molar-refractivity contribution < 1.29 is 26.4 Å². The van der Waals surface area contributed by atoms with E-state index in [-0.39, 0.29) is 23.2 Å². The summed E-state index contributed by atoms with van der Waals surface area (Å²) in [6, 6.07) is 5.47. The van der Waals surface area contributed by atoms with Crippen molar-refractivity contribution >= 4 is 26.1 Å². The zero-order valence-corrected chi connectivity index (χ0v) is 19.8. The molecule has 0 bridgehead atoms. The van der Waals surface area contributed by atoms with Gasteiger partial charge in [0.2, 0.25) is 20.0 Å². The lowest BCUT2D eigenvalue weighted by atomic mass is 10.1. The number of urea groups is 1. The number of rotatable bonds is 10. The summed E-state index contributed by atoms with van der Waals surface area (Å²) in [7, 11) is -6.98. The predicted molar refractivity (Wildman–Crippen MR) is 118 cm³/mol. The van der Waals surface area contributed by atoms with Gasteiger partial charge in [0, 0.05) is 32.7 Å². The standard InChI is InChI=1S/C19H32N4O6S2/c1-4-22(5-2)31(27,28)18-8-6-17(7-9-18)16(3)21-19(24)20-10-15-30(25,26)23-11-13-29-14-12-23/h6-9,16H,4-5,10-15H2,1-3H3,(H2,20,21,24). The highest BCUT2D eigenvalue weighted by molar-refractivity contribution is 7.89. The van der Waals surface area contributed by atoms with Crippen molar-refractivity contribution in [1.29, 1.82) is 0 Å². The van der Waals surface area contributed by atoms with Gasteiger partial charge in [-0.1, -0.05) is 26.0 Å². The molecule has 176 valence electrons. The van der Waals surface area contributed by atoms with Crippen molar-refractivity contribution in [3.05, 3.63) is 29.8 Å². The van der Waals surface area contributed by atoms with Gasteiger partial charge in [-0.15, -0.1) is 0 Å². The smallest absolute Gasteiger partial charge is 0.315 e. The monoisotopic (exact) mass is 476 g/mol. The first-order valence-corrected chi connectivity index (χ1v) is 13.4. The van der Waals surface area contributed by atoms with E-state index in [1.807, 2.05) is 0 Å². The Balaban J connectivity index is 1.87. The number of carbonyl (C=O) groups excluding carboxylic acids is 1. The van der Waals surface area contributed by atoms with Crippen LogP contribution in [0.1, 0.15) is 32.4 Å². The summed E-state index contributed by atoms with van der Waals surface area (Å²) < 4.78 is 57.5. The summed E-state index contributed by atoms with van der Waals surface area (Å²) >= 11 is 0. The van der Waals surface area contributed by atoms with Crippen LogP contribution in [-0.2, 0) is 24.8 Å². The molecule has 1 saturated heterocycles. The van der Waals surface area contributed by atoms with Gasteiger partial charge in [0.1, 0.15) is 0 Å². The molecule has 0 aromatic heterocycles. The Bertz CT molecular complexity index is 925. The van der Waals surface area contributed by atoms with Gasteiger partial charge in [0.25, 0.3) is 0 Å². The number of hydrogen-bond acceptors (Lipinski definition) is 6. The van der Waals surface area contributed by atoms with E-state index >= 15 is 0 Å². The first-order valence-electron chi connectivity index (χ1n) is 10.3. The number of morpholine rings is 1. The number of hydrogen-bond donors (Lipinski definition) is 2. The third kappa shape index (κ3) is 6.88. The molecule has 1 heterocycles. The van der Waals surface area contributed by atoms with E-state index in [0.29, 0.717) is 39.4 Å². The first-order chi connectivity index (χ1) is 14.6. The van der Waals surface area contributed by atoms with Crippen LogP contribution in [0, 0.1) is 0 Å². The number of nitrogens with zero attached hydrogens (tertiary/aromatic N) is 2. The summed E-state index contributed by atoms with van der Waals surface area (Å²) in [4.78, 5) is 12.3. The predicted octanol–water partition coefficient (Wildman–Crippen LogP) is 0.739. The molecule has 1 aliphatic rings. The molecule has 0 saturated carbocycles. The van der Waals surface area contributed by atoms with Gasteiger partial charge in [-0.25, -0.2) is 21.6 Å². The number of carbonyl (C=O) groups is 1. The van der Waals surface area contributed by atoms with Crippen LogP contribution in [0.15, 0.2) is 29.2 Å². The maximum Gasteiger partial charge on any atom is 0.315 e. The molecule has 2 N–H and O–H groups in total. The molecule has 10 nitrogen and oxygen atoms in total. The van der Waals surface area contributed by atoms with E-state index in [4.69, 9.17) is 4.74 Å². The highest BCUT2D eigenvalue weighted by Crippen LogP contribution is 2.19. The van der Waals surface area contributed by atoms with Crippen molar-refractivity contribution in [1.82, 2.24) is 19.2 Å². The molecular weight excluding hydrogens is 444 g/mol. The molecule has 12 heteroatoms. The van der Waals surface area contributed by atoms with Crippen LogP contribution in [-0.4, -0.2) is 83.2 Å². The number of ether oxygens (including phenoxy) is 1. The van der Waals surface area contributed by atoms with Crippen molar-refractivity contribution in [2.45, 2.75) is 31.7 Å². The van der Waals surface area contributed by atoms with E-state index in [1.54, 1.807) is 32.9 Å². The van der Waals surface area contributed by atoms with E-state index in [9.17, 15) is 21.6 Å². The fourth-order valence-electron chi connectivity index (χ4n) is 3.22. The molecule has 0 radical (unpaired) electrons. The Morgan fingerprint density at radius 3 is 2.23 bits per heavy atom. The summed E-state index contributed by atoms with van der Waals surface area (Å²) in [6.07, 6.45) is 0. The van der Waals surface area contributed by atoms with Crippen LogP contribution >= 0.6 is 0 Å². The average Bonchev–Trinajstić information content (AvgIpc) is 2.75. The number of benzene rings is 1. The van der Waals surface area contributed by atoms with Crippen molar-refractivity contribution in [2.75, 3.05) is 51.7 Å². The van der Waals surface area contributed by atoms with Crippen LogP contribution in [0.2, 0.25) is 0 Å². The second kappa shape index (κ2) is 11.2. The summed E-state index contributed by atoms with van der Waals surface area (Å²) in [5, 5.41) is 5.28. The van der Waals surface area contributed by atoms with E-state index in [1.165, 1.54) is 20.7 Å².